The molecule has 1 aromatic heterocycles. The number of H-pyrrole nitrogens is 1. The number of nitrogens with zero attached hydrogens (tertiary/aromatic N) is 4. The van der Waals surface area contributed by atoms with Crippen LogP contribution in [-0.2, 0) is 0 Å². The lowest BCUT2D eigenvalue weighted by Crippen LogP contribution is -2.15. The van der Waals surface area contributed by atoms with E-state index in [9.17, 15) is 0 Å². The summed E-state index contributed by atoms with van der Waals surface area (Å²) in [4.78, 5) is 7.93. The van der Waals surface area contributed by atoms with Crippen LogP contribution >= 0.6 is 0 Å². The second kappa shape index (κ2) is 7.82. The van der Waals surface area contributed by atoms with E-state index >= 15 is 0 Å². The third kappa shape index (κ3) is 3.70. The molecule has 1 aliphatic heterocycles. The number of fused-ring (bicyclic) bond motifs is 1. The van der Waals surface area contributed by atoms with E-state index in [0.717, 1.165) is 55.0 Å². The van der Waals surface area contributed by atoms with Crippen molar-refractivity contribution in [3.63, 3.8) is 0 Å². The first kappa shape index (κ1) is 17.0. The summed E-state index contributed by atoms with van der Waals surface area (Å²) < 4.78 is 0. The number of nitrogens with one attached hydrogen (secondary N) is 1. The fourth-order valence-electron chi connectivity index (χ4n) is 4.33. The molecule has 3 atom stereocenters. The summed E-state index contributed by atoms with van der Waals surface area (Å²) in [6.07, 6.45) is 19.1. The van der Waals surface area contributed by atoms with Gasteiger partial charge in [-0.1, -0.05) is 25.0 Å². The molecular formula is C21H25N5. The minimum absolute atomic E-state index is 0.444. The van der Waals surface area contributed by atoms with E-state index in [1.807, 2.05) is 6.20 Å². The molecule has 3 unspecified atom stereocenters. The molecule has 3 aliphatic rings. The van der Waals surface area contributed by atoms with Gasteiger partial charge in [0.2, 0.25) is 0 Å². The van der Waals surface area contributed by atoms with Gasteiger partial charge in [0.1, 0.15) is 5.82 Å². The predicted octanol–water partition coefficient (Wildman–Crippen LogP) is 4.70. The molecule has 0 saturated heterocycles. The van der Waals surface area contributed by atoms with E-state index in [4.69, 9.17) is 5.26 Å². The summed E-state index contributed by atoms with van der Waals surface area (Å²) in [7, 11) is 0. The van der Waals surface area contributed by atoms with E-state index < -0.39 is 0 Å². The summed E-state index contributed by atoms with van der Waals surface area (Å²) >= 11 is 0. The molecule has 1 fully saturated rings. The van der Waals surface area contributed by atoms with Gasteiger partial charge in [-0.25, -0.2) is 0 Å². The Bertz CT molecular complexity index is 805. The molecule has 0 bridgehead atoms. The Morgan fingerprint density at radius 3 is 3.08 bits per heavy atom. The van der Waals surface area contributed by atoms with Crippen LogP contribution in [0.15, 0.2) is 35.5 Å². The molecule has 1 aromatic rings. The Morgan fingerprint density at radius 2 is 2.15 bits per heavy atom. The maximum atomic E-state index is 8.82. The average Bonchev–Trinajstić information content (AvgIpc) is 3.30. The van der Waals surface area contributed by atoms with Gasteiger partial charge in [-0.05, 0) is 50.2 Å². The van der Waals surface area contributed by atoms with Crippen LogP contribution < -0.4 is 0 Å². The Kier molecular flexibility index (Phi) is 5.10. The lowest BCUT2D eigenvalue weighted by Gasteiger charge is -2.27. The van der Waals surface area contributed by atoms with Crippen molar-refractivity contribution in [3.05, 3.63) is 42.2 Å². The Labute approximate surface area is 154 Å². The van der Waals surface area contributed by atoms with Crippen LogP contribution in [0.3, 0.4) is 0 Å². The van der Waals surface area contributed by atoms with Gasteiger partial charge in [-0.3, -0.25) is 4.99 Å². The van der Waals surface area contributed by atoms with Crippen LogP contribution in [0.4, 0.5) is 0 Å². The number of aromatic amines is 1. The van der Waals surface area contributed by atoms with Crippen molar-refractivity contribution in [2.75, 3.05) is 0 Å². The predicted molar refractivity (Wildman–Crippen MR) is 102 cm³/mol. The molecule has 0 amide bonds. The molecular weight excluding hydrogens is 322 g/mol. The number of nitriles is 1. The monoisotopic (exact) mass is 347 g/mol. The summed E-state index contributed by atoms with van der Waals surface area (Å²) in [5.74, 6) is 3.42. The van der Waals surface area contributed by atoms with Gasteiger partial charge < -0.3 is 4.98 Å². The number of allylic oxidation sites excluding steroid dienone is 5. The standard InChI is InChI=1S/C21H25N5/c22-12-3-5-15-4-1-8-18(14-15)21-24-20(25-26-21)17-7-2-6-16-11-13-23-19(16)10-9-17/h7,9-11,13,15-16,18H,1-6,8,14H2,(H,24,25,26)/b10-9-,17-7+. The Hall–Kier alpha value is -2.48. The van der Waals surface area contributed by atoms with Crippen LogP contribution in [0.25, 0.3) is 5.57 Å². The molecule has 134 valence electrons. The fourth-order valence-corrected chi connectivity index (χ4v) is 4.33. The van der Waals surface area contributed by atoms with Crippen LogP contribution in [0.1, 0.15) is 68.9 Å². The quantitative estimate of drug-likeness (QED) is 0.857. The normalized spacial score (nSPS) is 31.1. The molecule has 0 spiro atoms. The van der Waals surface area contributed by atoms with Gasteiger partial charge in [0.25, 0.3) is 0 Å². The average molecular weight is 347 g/mol. The molecule has 5 heteroatoms. The zero-order chi connectivity index (χ0) is 17.8. The Balaban J connectivity index is 1.46. The zero-order valence-corrected chi connectivity index (χ0v) is 15.1. The van der Waals surface area contributed by atoms with Crippen molar-refractivity contribution in [2.45, 2.75) is 57.3 Å². The van der Waals surface area contributed by atoms with Gasteiger partial charge in [0, 0.05) is 35.7 Å². The summed E-state index contributed by atoms with van der Waals surface area (Å²) in [6.45, 7) is 0. The summed E-state index contributed by atoms with van der Waals surface area (Å²) in [5, 5.41) is 17.7. The lowest BCUT2D eigenvalue weighted by atomic mass is 9.79. The van der Waals surface area contributed by atoms with Gasteiger partial charge in [-0.2, -0.15) is 5.26 Å². The molecule has 26 heavy (non-hydrogen) atoms. The molecule has 2 heterocycles. The van der Waals surface area contributed by atoms with Crippen molar-refractivity contribution in [1.82, 2.24) is 15.2 Å². The fraction of sp³-hybridized carbons (Fsp3) is 0.524. The molecule has 5 nitrogen and oxygen atoms in total. The second-order valence-electron chi connectivity index (χ2n) is 7.56. The minimum atomic E-state index is 0.444. The van der Waals surface area contributed by atoms with E-state index in [-0.39, 0.29) is 0 Å². The number of aliphatic imine (C=N–C) groups is 1. The summed E-state index contributed by atoms with van der Waals surface area (Å²) in [5.41, 5.74) is 2.25. The molecule has 4 rings (SSSR count). The van der Waals surface area contributed by atoms with Gasteiger partial charge >= 0.3 is 0 Å². The first-order chi connectivity index (χ1) is 12.8. The van der Waals surface area contributed by atoms with Crippen molar-refractivity contribution in [1.29, 1.82) is 5.26 Å². The highest BCUT2D eigenvalue weighted by Crippen LogP contribution is 2.37. The second-order valence-corrected chi connectivity index (χ2v) is 7.56. The molecule has 0 aromatic carbocycles. The highest BCUT2D eigenvalue weighted by Gasteiger charge is 2.26. The Morgan fingerprint density at radius 1 is 1.19 bits per heavy atom. The van der Waals surface area contributed by atoms with E-state index in [2.05, 4.69) is 50.5 Å². The topological polar surface area (TPSA) is 77.7 Å². The van der Waals surface area contributed by atoms with Gasteiger partial charge in [0.15, 0.2) is 5.82 Å². The van der Waals surface area contributed by atoms with Gasteiger partial charge in [-0.15, -0.1) is 10.2 Å². The smallest absolute Gasteiger partial charge is 0.161 e. The van der Waals surface area contributed by atoms with E-state index in [0.29, 0.717) is 24.2 Å². The lowest BCUT2D eigenvalue weighted by molar-refractivity contribution is 0.301. The highest BCUT2D eigenvalue weighted by molar-refractivity contribution is 6.01. The van der Waals surface area contributed by atoms with Crippen molar-refractivity contribution < 1.29 is 0 Å². The molecule has 0 radical (unpaired) electrons. The highest BCUT2D eigenvalue weighted by atomic mass is 15.2. The molecule has 2 aliphatic carbocycles. The maximum absolute atomic E-state index is 8.82. The van der Waals surface area contributed by atoms with Crippen LogP contribution in [0.2, 0.25) is 0 Å². The van der Waals surface area contributed by atoms with Crippen molar-refractivity contribution >= 4 is 11.3 Å². The zero-order valence-electron chi connectivity index (χ0n) is 15.1. The third-order valence-corrected chi connectivity index (χ3v) is 5.81. The van der Waals surface area contributed by atoms with Crippen LogP contribution in [0.5, 0.6) is 0 Å². The van der Waals surface area contributed by atoms with Crippen LogP contribution in [-0.4, -0.2) is 20.9 Å². The third-order valence-electron chi connectivity index (χ3n) is 5.81. The van der Waals surface area contributed by atoms with E-state index in [1.165, 1.54) is 12.8 Å². The van der Waals surface area contributed by atoms with E-state index in [1.54, 1.807) is 0 Å². The number of hydrogen-bond acceptors (Lipinski definition) is 4. The minimum Gasteiger partial charge on any atom is -0.325 e. The van der Waals surface area contributed by atoms with Crippen molar-refractivity contribution in [3.8, 4) is 6.07 Å². The van der Waals surface area contributed by atoms with Crippen LogP contribution in [0, 0.1) is 23.2 Å². The molecule has 1 saturated carbocycles. The summed E-state index contributed by atoms with van der Waals surface area (Å²) in [6, 6.07) is 2.28. The van der Waals surface area contributed by atoms with Crippen molar-refractivity contribution in [2.24, 2.45) is 16.8 Å². The number of hydrogen-bond donors (Lipinski definition) is 1. The first-order valence-electron chi connectivity index (χ1n) is 9.76. The van der Waals surface area contributed by atoms with Gasteiger partial charge in [0.05, 0.1) is 6.07 Å². The largest absolute Gasteiger partial charge is 0.325 e. The maximum Gasteiger partial charge on any atom is 0.161 e. The number of aromatic nitrogens is 3. The molecule has 1 N–H and O–H groups in total. The SMILES string of the molecule is N#CCCC1CCCC(c2nnc(C3=C/CCC4C=CN=C4/C=C\3)[nH]2)C1. The number of rotatable bonds is 4. The first-order valence-corrected chi connectivity index (χ1v) is 9.76.